The van der Waals surface area contributed by atoms with E-state index in [1.54, 1.807) is 31.2 Å². The Balaban J connectivity index is 1.77. The molecule has 28 heavy (non-hydrogen) atoms. The molecular formula is C21H20N4O3. The lowest BCUT2D eigenvalue weighted by Gasteiger charge is -2.22. The van der Waals surface area contributed by atoms with Crippen LogP contribution < -0.4 is 10.6 Å². The Kier molecular flexibility index (Phi) is 4.89. The van der Waals surface area contributed by atoms with Crippen LogP contribution in [-0.4, -0.2) is 29.3 Å². The minimum atomic E-state index is -1.29. The lowest BCUT2D eigenvalue weighted by molar-refractivity contribution is -0.133. The summed E-state index contributed by atoms with van der Waals surface area (Å²) in [5.41, 5.74) is 2.23. The van der Waals surface area contributed by atoms with Crippen molar-refractivity contribution >= 4 is 23.5 Å². The number of amides is 4. The van der Waals surface area contributed by atoms with Gasteiger partial charge in [-0.25, -0.2) is 4.79 Å². The third-order valence-electron chi connectivity index (χ3n) is 4.84. The summed E-state index contributed by atoms with van der Waals surface area (Å²) >= 11 is 0. The van der Waals surface area contributed by atoms with E-state index >= 15 is 0 Å². The number of imide groups is 1. The first-order valence-corrected chi connectivity index (χ1v) is 8.76. The minimum Gasteiger partial charge on any atom is -0.324 e. The van der Waals surface area contributed by atoms with Crippen molar-refractivity contribution in [3.63, 3.8) is 0 Å². The Labute approximate surface area is 163 Å². The van der Waals surface area contributed by atoms with Crippen molar-refractivity contribution < 1.29 is 14.4 Å². The van der Waals surface area contributed by atoms with Gasteiger partial charge in [-0.2, -0.15) is 5.26 Å². The Hall–Kier alpha value is -3.66. The molecule has 0 radical (unpaired) electrons. The molecule has 142 valence electrons. The molecule has 0 aliphatic carbocycles. The molecule has 0 saturated carbocycles. The van der Waals surface area contributed by atoms with Crippen molar-refractivity contribution in [1.82, 2.24) is 10.2 Å². The van der Waals surface area contributed by atoms with Crippen LogP contribution in [0.4, 0.5) is 10.5 Å². The van der Waals surface area contributed by atoms with Gasteiger partial charge in [0.05, 0.1) is 11.6 Å². The molecule has 1 aliphatic heterocycles. The molecular weight excluding hydrogens is 356 g/mol. The van der Waals surface area contributed by atoms with Crippen molar-refractivity contribution in [2.24, 2.45) is 0 Å². The van der Waals surface area contributed by atoms with Gasteiger partial charge in [-0.3, -0.25) is 14.5 Å². The molecule has 1 unspecified atom stereocenters. The largest absolute Gasteiger partial charge is 0.325 e. The zero-order valence-electron chi connectivity index (χ0n) is 15.9. The second-order valence-corrected chi connectivity index (χ2v) is 7.00. The zero-order valence-corrected chi connectivity index (χ0v) is 15.9. The van der Waals surface area contributed by atoms with Gasteiger partial charge >= 0.3 is 6.03 Å². The number of nitriles is 1. The van der Waals surface area contributed by atoms with Crippen molar-refractivity contribution in [1.29, 1.82) is 5.26 Å². The van der Waals surface area contributed by atoms with Crippen LogP contribution in [0, 0.1) is 25.2 Å². The number of carbonyl (C=O) groups is 3. The standard InChI is InChI=1S/C21H20N4O3/c1-13-4-5-14(2)17(10-13)23-18(26)12-25-19(27)21(3,24-20(25)28)16-8-6-15(11-22)7-9-16/h4-10H,12H2,1-3H3,(H,23,26)(H,24,28). The number of carbonyl (C=O) groups excluding carboxylic acids is 3. The van der Waals surface area contributed by atoms with E-state index in [2.05, 4.69) is 10.6 Å². The minimum absolute atomic E-state index is 0.385. The summed E-state index contributed by atoms with van der Waals surface area (Å²) in [6, 6.07) is 13.4. The van der Waals surface area contributed by atoms with E-state index in [9.17, 15) is 14.4 Å². The van der Waals surface area contributed by atoms with Crippen molar-refractivity contribution in [3.05, 3.63) is 64.7 Å². The number of aryl methyl sites for hydroxylation is 2. The molecule has 1 aliphatic rings. The summed E-state index contributed by atoms with van der Waals surface area (Å²) in [6.07, 6.45) is 0. The zero-order chi connectivity index (χ0) is 20.5. The van der Waals surface area contributed by atoms with E-state index in [1.807, 2.05) is 38.1 Å². The van der Waals surface area contributed by atoms with Crippen LogP contribution in [0.3, 0.4) is 0 Å². The van der Waals surface area contributed by atoms with E-state index in [0.717, 1.165) is 16.0 Å². The quantitative estimate of drug-likeness (QED) is 0.801. The number of hydrogen-bond donors (Lipinski definition) is 2. The summed E-state index contributed by atoms with van der Waals surface area (Å²) < 4.78 is 0. The topological polar surface area (TPSA) is 102 Å². The Morgan fingerprint density at radius 3 is 2.50 bits per heavy atom. The average Bonchev–Trinajstić information content (AvgIpc) is 2.89. The molecule has 7 nitrogen and oxygen atoms in total. The third-order valence-corrected chi connectivity index (χ3v) is 4.84. The van der Waals surface area contributed by atoms with Gasteiger partial charge in [-0.1, -0.05) is 24.3 Å². The van der Waals surface area contributed by atoms with Crippen LogP contribution in [0.2, 0.25) is 0 Å². The number of urea groups is 1. The highest BCUT2D eigenvalue weighted by Crippen LogP contribution is 2.29. The second kappa shape index (κ2) is 7.16. The van der Waals surface area contributed by atoms with Crippen LogP contribution in [0.25, 0.3) is 0 Å². The lowest BCUT2D eigenvalue weighted by Crippen LogP contribution is -2.42. The van der Waals surface area contributed by atoms with Gasteiger partial charge < -0.3 is 10.6 Å². The fourth-order valence-corrected chi connectivity index (χ4v) is 3.12. The van der Waals surface area contributed by atoms with Gasteiger partial charge in [0.2, 0.25) is 5.91 Å². The number of anilines is 1. The first-order valence-electron chi connectivity index (χ1n) is 8.76. The van der Waals surface area contributed by atoms with E-state index in [1.165, 1.54) is 0 Å². The molecule has 1 heterocycles. The molecule has 4 amide bonds. The number of rotatable bonds is 4. The van der Waals surface area contributed by atoms with Gasteiger partial charge in [0.25, 0.3) is 5.91 Å². The number of benzene rings is 2. The normalized spacial score (nSPS) is 18.6. The molecule has 0 bridgehead atoms. The first kappa shape index (κ1) is 19.1. The fraction of sp³-hybridized carbons (Fsp3) is 0.238. The summed E-state index contributed by atoms with van der Waals surface area (Å²) in [5, 5.41) is 14.3. The molecule has 7 heteroatoms. The van der Waals surface area contributed by atoms with E-state index < -0.39 is 23.4 Å². The average molecular weight is 376 g/mol. The van der Waals surface area contributed by atoms with Crippen LogP contribution in [-0.2, 0) is 15.1 Å². The molecule has 2 N–H and O–H groups in total. The summed E-state index contributed by atoms with van der Waals surface area (Å²) in [5.74, 6) is -0.973. The molecule has 0 aromatic heterocycles. The van der Waals surface area contributed by atoms with E-state index in [0.29, 0.717) is 16.8 Å². The van der Waals surface area contributed by atoms with Crippen molar-refractivity contribution in [2.45, 2.75) is 26.3 Å². The Bertz CT molecular complexity index is 1010. The van der Waals surface area contributed by atoms with Crippen LogP contribution in [0.15, 0.2) is 42.5 Å². The van der Waals surface area contributed by atoms with Gasteiger partial charge in [-0.05, 0) is 55.7 Å². The molecule has 2 aromatic carbocycles. The molecule has 2 aromatic rings. The van der Waals surface area contributed by atoms with Gasteiger partial charge in [0, 0.05) is 5.69 Å². The Morgan fingerprint density at radius 1 is 1.18 bits per heavy atom. The monoisotopic (exact) mass is 376 g/mol. The van der Waals surface area contributed by atoms with E-state index in [-0.39, 0.29) is 6.54 Å². The summed E-state index contributed by atoms with van der Waals surface area (Å²) in [6.45, 7) is 4.97. The fourth-order valence-electron chi connectivity index (χ4n) is 3.12. The highest BCUT2D eigenvalue weighted by molar-refractivity contribution is 6.10. The van der Waals surface area contributed by atoms with Gasteiger partial charge in [-0.15, -0.1) is 0 Å². The molecule has 1 fully saturated rings. The second-order valence-electron chi connectivity index (χ2n) is 7.00. The molecule has 1 atom stereocenters. The first-order chi connectivity index (χ1) is 13.2. The van der Waals surface area contributed by atoms with Gasteiger partial charge in [0.1, 0.15) is 12.1 Å². The number of hydrogen-bond acceptors (Lipinski definition) is 4. The smallest absolute Gasteiger partial charge is 0.324 e. The van der Waals surface area contributed by atoms with Crippen LogP contribution >= 0.6 is 0 Å². The maximum atomic E-state index is 12.9. The molecule has 3 rings (SSSR count). The van der Waals surface area contributed by atoms with E-state index in [4.69, 9.17) is 5.26 Å². The summed E-state index contributed by atoms with van der Waals surface area (Å²) in [4.78, 5) is 38.6. The molecule has 0 spiro atoms. The maximum absolute atomic E-state index is 12.9. The SMILES string of the molecule is Cc1ccc(C)c(NC(=O)CN2C(=O)NC(C)(c3ccc(C#N)cc3)C2=O)c1. The molecule has 1 saturated heterocycles. The highest BCUT2D eigenvalue weighted by atomic mass is 16.2. The number of nitrogens with one attached hydrogen (secondary N) is 2. The highest BCUT2D eigenvalue weighted by Gasteiger charge is 2.49. The third kappa shape index (κ3) is 3.45. The summed E-state index contributed by atoms with van der Waals surface area (Å²) in [7, 11) is 0. The van der Waals surface area contributed by atoms with Crippen LogP contribution in [0.1, 0.15) is 29.2 Å². The van der Waals surface area contributed by atoms with Gasteiger partial charge in [0.15, 0.2) is 0 Å². The number of nitrogens with zero attached hydrogens (tertiary/aromatic N) is 2. The van der Waals surface area contributed by atoms with Crippen molar-refractivity contribution in [2.75, 3.05) is 11.9 Å². The predicted molar refractivity (Wildman–Crippen MR) is 103 cm³/mol. The maximum Gasteiger partial charge on any atom is 0.325 e. The lowest BCUT2D eigenvalue weighted by atomic mass is 9.91. The van der Waals surface area contributed by atoms with Crippen LogP contribution in [0.5, 0.6) is 0 Å². The van der Waals surface area contributed by atoms with Crippen molar-refractivity contribution in [3.8, 4) is 6.07 Å². The predicted octanol–water partition coefficient (Wildman–Crippen LogP) is 2.58. The Morgan fingerprint density at radius 2 is 1.86 bits per heavy atom.